The number of rotatable bonds is 8. The largest absolute Gasteiger partial charge is 0.467 e. The Kier molecular flexibility index (Phi) is 4.88. The van der Waals surface area contributed by atoms with Gasteiger partial charge in [-0.15, -0.1) is 12.3 Å². The molecule has 24 heavy (non-hydrogen) atoms. The van der Waals surface area contributed by atoms with Crippen LogP contribution in [0.4, 0.5) is 0 Å². The van der Waals surface area contributed by atoms with E-state index in [9.17, 15) is 9.59 Å². The Bertz CT molecular complexity index is 575. The summed E-state index contributed by atoms with van der Waals surface area (Å²) >= 11 is 0. The first-order valence-corrected chi connectivity index (χ1v) is 8.81. The molecular formula is C18H25N3O3. The van der Waals surface area contributed by atoms with Crippen molar-refractivity contribution in [3.8, 4) is 12.3 Å². The number of nitrogens with zero attached hydrogens (tertiary/aromatic N) is 2. The van der Waals surface area contributed by atoms with Crippen molar-refractivity contribution in [1.29, 1.82) is 0 Å². The van der Waals surface area contributed by atoms with Crippen LogP contribution in [0.5, 0.6) is 0 Å². The van der Waals surface area contributed by atoms with E-state index in [-0.39, 0.29) is 17.8 Å². The molecule has 2 bridgehead atoms. The minimum absolute atomic E-state index is 0.134. The number of amides is 1. The Morgan fingerprint density at radius 3 is 2.67 bits per heavy atom. The Balaban J connectivity index is 1.52. The number of methoxy groups -OCH3 is 1. The summed E-state index contributed by atoms with van der Waals surface area (Å²) in [4.78, 5) is 24.5. The van der Waals surface area contributed by atoms with Crippen LogP contribution in [-0.2, 0) is 14.3 Å². The second-order valence-corrected chi connectivity index (χ2v) is 7.29. The second kappa shape index (κ2) is 6.92. The van der Waals surface area contributed by atoms with E-state index in [0.29, 0.717) is 37.5 Å². The number of nitrogens with one attached hydrogen (secondary N) is 1. The Morgan fingerprint density at radius 2 is 2.12 bits per heavy atom. The van der Waals surface area contributed by atoms with E-state index in [1.807, 2.05) is 0 Å². The molecule has 4 atom stereocenters. The molecule has 1 amide bonds. The summed E-state index contributed by atoms with van der Waals surface area (Å²) in [7, 11) is 1.38. The highest BCUT2D eigenvalue weighted by molar-refractivity contribution is 5.84. The number of fused-ring (bicyclic) bond motifs is 2. The van der Waals surface area contributed by atoms with Crippen molar-refractivity contribution in [3.63, 3.8) is 0 Å². The smallest absolute Gasteiger partial charge is 0.328 e. The van der Waals surface area contributed by atoms with E-state index in [4.69, 9.17) is 11.2 Å². The van der Waals surface area contributed by atoms with Crippen molar-refractivity contribution in [2.24, 2.45) is 28.0 Å². The molecule has 4 unspecified atom stereocenters. The van der Waals surface area contributed by atoms with Gasteiger partial charge in [-0.05, 0) is 37.0 Å². The van der Waals surface area contributed by atoms with Crippen molar-refractivity contribution < 1.29 is 14.3 Å². The Morgan fingerprint density at radius 1 is 1.33 bits per heavy atom. The van der Waals surface area contributed by atoms with E-state index in [1.165, 1.54) is 20.0 Å². The molecule has 3 rings (SSSR count). The Hall–Kier alpha value is -1.90. The topological polar surface area (TPSA) is 80.1 Å². The number of hydrogen-bond acceptors (Lipinski definition) is 5. The number of esters is 1. The molecule has 0 spiro atoms. The van der Waals surface area contributed by atoms with Gasteiger partial charge in [-0.1, -0.05) is 6.42 Å². The van der Waals surface area contributed by atoms with Crippen LogP contribution in [0, 0.1) is 30.1 Å². The van der Waals surface area contributed by atoms with Crippen LogP contribution < -0.4 is 5.32 Å². The predicted octanol–water partition coefficient (Wildman–Crippen LogP) is 2.44. The summed E-state index contributed by atoms with van der Waals surface area (Å²) in [5.41, 5.74) is -0.461. The van der Waals surface area contributed by atoms with E-state index >= 15 is 0 Å². The lowest BCUT2D eigenvalue weighted by molar-refractivity contribution is -0.147. The number of terminal acetylenes is 1. The maximum absolute atomic E-state index is 12.3. The molecule has 0 aromatic carbocycles. The molecule has 0 radical (unpaired) electrons. The van der Waals surface area contributed by atoms with Crippen LogP contribution in [0.2, 0.25) is 0 Å². The fourth-order valence-corrected chi connectivity index (χ4v) is 4.40. The normalized spacial score (nSPS) is 29.8. The van der Waals surface area contributed by atoms with Gasteiger partial charge >= 0.3 is 5.97 Å². The zero-order valence-corrected chi connectivity index (χ0v) is 14.2. The lowest BCUT2D eigenvalue weighted by atomic mass is 9.83. The molecule has 0 aromatic rings. The van der Waals surface area contributed by atoms with E-state index < -0.39 is 11.7 Å². The number of ether oxygens (including phenoxy) is 1. The lowest BCUT2D eigenvalue weighted by Crippen LogP contribution is -2.48. The van der Waals surface area contributed by atoms with Crippen molar-refractivity contribution in [3.05, 3.63) is 0 Å². The van der Waals surface area contributed by atoms with E-state index in [0.717, 1.165) is 12.8 Å². The molecule has 6 nitrogen and oxygen atoms in total. The van der Waals surface area contributed by atoms with Gasteiger partial charge in [0.15, 0.2) is 5.66 Å². The first-order valence-electron chi connectivity index (χ1n) is 8.81. The summed E-state index contributed by atoms with van der Waals surface area (Å²) in [5, 5.41) is 11.0. The van der Waals surface area contributed by atoms with Crippen LogP contribution in [0.25, 0.3) is 0 Å². The van der Waals surface area contributed by atoms with Crippen LogP contribution in [0.1, 0.15) is 51.4 Å². The quantitative estimate of drug-likeness (QED) is 0.548. The van der Waals surface area contributed by atoms with Gasteiger partial charge in [-0.2, -0.15) is 10.2 Å². The molecule has 0 saturated heterocycles. The molecule has 2 saturated carbocycles. The van der Waals surface area contributed by atoms with Gasteiger partial charge in [0.2, 0.25) is 5.91 Å². The zero-order valence-electron chi connectivity index (χ0n) is 14.2. The third-order valence-corrected chi connectivity index (χ3v) is 5.80. The highest BCUT2D eigenvalue weighted by Gasteiger charge is 2.46. The lowest BCUT2D eigenvalue weighted by Gasteiger charge is -2.29. The minimum Gasteiger partial charge on any atom is -0.467 e. The van der Waals surface area contributed by atoms with Gasteiger partial charge in [-0.25, -0.2) is 4.79 Å². The molecule has 1 heterocycles. The van der Waals surface area contributed by atoms with Crippen LogP contribution in [0.3, 0.4) is 0 Å². The number of hydrogen-bond donors (Lipinski definition) is 1. The van der Waals surface area contributed by atoms with Crippen molar-refractivity contribution in [2.75, 3.05) is 7.11 Å². The predicted molar refractivity (Wildman–Crippen MR) is 87.8 cm³/mol. The summed E-state index contributed by atoms with van der Waals surface area (Å²) in [6.07, 6.45) is 12.0. The standard InChI is InChI=1S/C18H25N3O3/c1-3-4-8-18(20-21-18)9-7-15(22)19-16(17(23)24-2)14-11-12-5-6-13(14)10-12/h1,12-14,16H,4-11H2,2H3,(H,19,22). The average Bonchev–Trinajstić information content (AvgIpc) is 3.04. The maximum atomic E-state index is 12.3. The molecule has 2 fully saturated rings. The van der Waals surface area contributed by atoms with Crippen LogP contribution in [-0.4, -0.2) is 30.7 Å². The highest BCUT2D eigenvalue weighted by Crippen LogP contribution is 2.49. The first-order chi connectivity index (χ1) is 11.6. The van der Waals surface area contributed by atoms with Gasteiger partial charge in [0.1, 0.15) is 6.04 Å². The zero-order chi connectivity index (χ0) is 17.2. The first kappa shape index (κ1) is 16.9. The monoisotopic (exact) mass is 331 g/mol. The fourth-order valence-electron chi connectivity index (χ4n) is 4.40. The highest BCUT2D eigenvalue weighted by atomic mass is 16.5. The number of carbonyl (C=O) groups is 2. The fraction of sp³-hybridized carbons (Fsp3) is 0.778. The molecular weight excluding hydrogens is 306 g/mol. The summed E-state index contributed by atoms with van der Waals surface area (Å²) in [6.45, 7) is 0. The van der Waals surface area contributed by atoms with Gasteiger partial charge in [0.25, 0.3) is 0 Å². The van der Waals surface area contributed by atoms with Crippen molar-refractivity contribution >= 4 is 11.9 Å². The summed E-state index contributed by atoms with van der Waals surface area (Å²) < 4.78 is 4.93. The molecule has 0 aromatic heterocycles. The summed E-state index contributed by atoms with van der Waals surface area (Å²) in [5.74, 6) is 3.57. The summed E-state index contributed by atoms with van der Waals surface area (Å²) in [6, 6.07) is -0.521. The van der Waals surface area contributed by atoms with Crippen LogP contribution >= 0.6 is 0 Å². The molecule has 6 heteroatoms. The van der Waals surface area contributed by atoms with Gasteiger partial charge < -0.3 is 10.1 Å². The van der Waals surface area contributed by atoms with E-state index in [2.05, 4.69) is 21.5 Å². The van der Waals surface area contributed by atoms with Gasteiger partial charge in [0.05, 0.1) is 7.11 Å². The molecule has 1 N–H and O–H groups in total. The molecule has 130 valence electrons. The molecule has 1 aliphatic heterocycles. The van der Waals surface area contributed by atoms with Crippen LogP contribution in [0.15, 0.2) is 10.2 Å². The van der Waals surface area contributed by atoms with Crippen molar-refractivity contribution in [2.45, 2.75) is 63.1 Å². The average molecular weight is 331 g/mol. The van der Waals surface area contributed by atoms with Gasteiger partial charge in [0, 0.05) is 25.7 Å². The van der Waals surface area contributed by atoms with Gasteiger partial charge in [-0.3, -0.25) is 4.79 Å². The molecule has 2 aliphatic carbocycles. The third-order valence-electron chi connectivity index (χ3n) is 5.80. The maximum Gasteiger partial charge on any atom is 0.328 e. The minimum atomic E-state index is -0.521. The van der Waals surface area contributed by atoms with Crippen molar-refractivity contribution in [1.82, 2.24) is 5.32 Å². The Labute approximate surface area is 142 Å². The SMILES string of the molecule is C#CCCC1(CCC(=O)NC(C(=O)OC)C2CC3CCC2C3)N=N1. The number of carbonyl (C=O) groups excluding carboxylic acids is 2. The molecule has 3 aliphatic rings. The van der Waals surface area contributed by atoms with E-state index in [1.54, 1.807) is 0 Å². The third kappa shape index (κ3) is 3.61. The second-order valence-electron chi connectivity index (χ2n) is 7.29.